The fraction of sp³-hybridized carbons (Fsp3) is 0.818. The molecular formula is C11H22N2O3. The van der Waals surface area contributed by atoms with E-state index in [9.17, 15) is 9.59 Å². The van der Waals surface area contributed by atoms with Crippen molar-refractivity contribution in [2.24, 2.45) is 11.7 Å². The third-order valence-electron chi connectivity index (χ3n) is 2.48. The normalized spacial score (nSPS) is 12.9. The van der Waals surface area contributed by atoms with Gasteiger partial charge in [-0.2, -0.15) is 0 Å². The number of carboxylic acids is 1. The summed E-state index contributed by atoms with van der Waals surface area (Å²) in [5.74, 6) is -1.03. The molecule has 0 saturated heterocycles. The Morgan fingerprint density at radius 2 is 1.75 bits per heavy atom. The van der Waals surface area contributed by atoms with E-state index in [0.29, 0.717) is 0 Å². The van der Waals surface area contributed by atoms with Crippen molar-refractivity contribution in [3.05, 3.63) is 0 Å². The highest BCUT2D eigenvalue weighted by Crippen LogP contribution is 2.08. The summed E-state index contributed by atoms with van der Waals surface area (Å²) in [6.07, 6.45) is -0.0469. The molecule has 16 heavy (non-hydrogen) atoms. The standard InChI is InChI=1S/C11H22N2O3/c1-7(2)10(12)11(16)13(8(3)4)6-5-9(14)15/h7-8,10H,5-6,12H2,1-4H3,(H,14,15)/t10-/m1/s1. The third kappa shape index (κ3) is 4.61. The van der Waals surface area contributed by atoms with Gasteiger partial charge in [-0.05, 0) is 19.8 Å². The van der Waals surface area contributed by atoms with Crippen LogP contribution in [-0.4, -0.2) is 40.5 Å². The van der Waals surface area contributed by atoms with Gasteiger partial charge in [0.1, 0.15) is 0 Å². The molecule has 0 fully saturated rings. The molecule has 0 aromatic carbocycles. The molecule has 0 saturated carbocycles. The SMILES string of the molecule is CC(C)[C@@H](N)C(=O)N(CCC(=O)O)C(C)C. The van der Waals surface area contributed by atoms with Crippen LogP contribution in [0.3, 0.4) is 0 Å². The smallest absolute Gasteiger partial charge is 0.305 e. The van der Waals surface area contributed by atoms with Gasteiger partial charge in [0.05, 0.1) is 12.5 Å². The lowest BCUT2D eigenvalue weighted by Gasteiger charge is -2.30. The molecule has 0 heterocycles. The van der Waals surface area contributed by atoms with E-state index in [1.807, 2.05) is 27.7 Å². The fourth-order valence-electron chi connectivity index (χ4n) is 1.32. The van der Waals surface area contributed by atoms with Crippen LogP contribution in [-0.2, 0) is 9.59 Å². The summed E-state index contributed by atoms with van der Waals surface area (Å²) in [6.45, 7) is 7.67. The lowest BCUT2D eigenvalue weighted by Crippen LogP contribution is -2.49. The van der Waals surface area contributed by atoms with E-state index in [0.717, 1.165) is 0 Å². The second-order valence-electron chi connectivity index (χ2n) is 4.54. The Bertz CT molecular complexity index is 252. The highest BCUT2D eigenvalue weighted by Gasteiger charge is 2.25. The van der Waals surface area contributed by atoms with Crippen molar-refractivity contribution in [1.82, 2.24) is 4.90 Å². The van der Waals surface area contributed by atoms with Crippen molar-refractivity contribution in [1.29, 1.82) is 0 Å². The fourth-order valence-corrected chi connectivity index (χ4v) is 1.32. The van der Waals surface area contributed by atoms with Crippen LogP contribution < -0.4 is 5.73 Å². The maximum Gasteiger partial charge on any atom is 0.305 e. The molecule has 0 unspecified atom stereocenters. The number of rotatable bonds is 6. The monoisotopic (exact) mass is 230 g/mol. The summed E-state index contributed by atoms with van der Waals surface area (Å²) in [6, 6.07) is -0.590. The quantitative estimate of drug-likeness (QED) is 0.703. The number of hydrogen-bond acceptors (Lipinski definition) is 3. The second kappa shape index (κ2) is 6.48. The summed E-state index contributed by atoms with van der Waals surface area (Å²) in [5, 5.41) is 8.60. The van der Waals surface area contributed by atoms with Gasteiger partial charge >= 0.3 is 5.97 Å². The summed E-state index contributed by atoms with van der Waals surface area (Å²) < 4.78 is 0. The van der Waals surface area contributed by atoms with Gasteiger partial charge in [0, 0.05) is 12.6 Å². The van der Waals surface area contributed by atoms with Gasteiger partial charge in [0.15, 0.2) is 0 Å². The van der Waals surface area contributed by atoms with E-state index >= 15 is 0 Å². The van der Waals surface area contributed by atoms with E-state index in [2.05, 4.69) is 0 Å². The number of aliphatic carboxylic acids is 1. The van der Waals surface area contributed by atoms with Gasteiger partial charge in [-0.1, -0.05) is 13.8 Å². The average molecular weight is 230 g/mol. The van der Waals surface area contributed by atoms with Crippen LogP contribution >= 0.6 is 0 Å². The van der Waals surface area contributed by atoms with Crippen LogP contribution in [0.15, 0.2) is 0 Å². The van der Waals surface area contributed by atoms with E-state index < -0.39 is 12.0 Å². The first-order valence-corrected chi connectivity index (χ1v) is 5.55. The Balaban J connectivity index is 4.53. The van der Waals surface area contributed by atoms with Crippen molar-refractivity contribution in [2.75, 3.05) is 6.54 Å². The Hall–Kier alpha value is -1.10. The molecule has 0 spiro atoms. The molecule has 0 aromatic heterocycles. The van der Waals surface area contributed by atoms with Crippen LogP contribution in [0.4, 0.5) is 0 Å². The van der Waals surface area contributed by atoms with Crippen LogP contribution in [0.25, 0.3) is 0 Å². The van der Waals surface area contributed by atoms with Gasteiger partial charge in [-0.3, -0.25) is 9.59 Å². The molecule has 0 aromatic rings. The predicted molar refractivity (Wildman–Crippen MR) is 61.9 cm³/mol. The van der Waals surface area contributed by atoms with Gasteiger partial charge in [-0.25, -0.2) is 0 Å². The molecule has 5 nitrogen and oxygen atoms in total. The molecule has 0 radical (unpaired) electrons. The van der Waals surface area contributed by atoms with Crippen molar-refractivity contribution >= 4 is 11.9 Å². The van der Waals surface area contributed by atoms with Crippen LogP contribution in [0.5, 0.6) is 0 Å². The molecule has 0 rings (SSSR count). The summed E-state index contributed by atoms with van der Waals surface area (Å²) in [7, 11) is 0. The zero-order valence-electron chi connectivity index (χ0n) is 10.4. The van der Waals surface area contributed by atoms with Crippen LogP contribution in [0.2, 0.25) is 0 Å². The van der Waals surface area contributed by atoms with Crippen molar-refractivity contribution < 1.29 is 14.7 Å². The topological polar surface area (TPSA) is 83.6 Å². The second-order valence-corrected chi connectivity index (χ2v) is 4.54. The lowest BCUT2D eigenvalue weighted by molar-refractivity contribution is -0.139. The van der Waals surface area contributed by atoms with Gasteiger partial charge in [0.25, 0.3) is 0 Å². The Kier molecular flexibility index (Phi) is 6.03. The van der Waals surface area contributed by atoms with Crippen LogP contribution in [0, 0.1) is 5.92 Å². The first-order chi connectivity index (χ1) is 7.27. The number of carbonyl (C=O) groups is 2. The maximum atomic E-state index is 11.9. The molecule has 1 atom stereocenters. The molecule has 5 heteroatoms. The highest BCUT2D eigenvalue weighted by atomic mass is 16.4. The van der Waals surface area contributed by atoms with Gasteiger partial charge in [0.2, 0.25) is 5.91 Å². The predicted octanol–water partition coefficient (Wildman–Crippen LogP) is 0.681. The molecule has 1 amide bonds. The minimum Gasteiger partial charge on any atom is -0.481 e. The lowest BCUT2D eigenvalue weighted by atomic mass is 10.0. The van der Waals surface area contributed by atoms with Crippen molar-refractivity contribution in [2.45, 2.75) is 46.2 Å². The maximum absolute atomic E-state index is 11.9. The molecule has 94 valence electrons. The minimum absolute atomic E-state index is 0.0309. The number of amides is 1. The van der Waals surface area contributed by atoms with E-state index in [-0.39, 0.29) is 30.8 Å². The van der Waals surface area contributed by atoms with Crippen LogP contribution in [0.1, 0.15) is 34.1 Å². The molecule has 0 aliphatic heterocycles. The van der Waals surface area contributed by atoms with Crippen molar-refractivity contribution in [3.63, 3.8) is 0 Å². The number of hydrogen-bond donors (Lipinski definition) is 2. The Morgan fingerprint density at radius 3 is 2.06 bits per heavy atom. The average Bonchev–Trinajstić information content (AvgIpc) is 2.15. The Morgan fingerprint density at radius 1 is 1.25 bits per heavy atom. The highest BCUT2D eigenvalue weighted by molar-refractivity contribution is 5.82. The largest absolute Gasteiger partial charge is 0.481 e. The Labute approximate surface area is 96.6 Å². The number of carbonyl (C=O) groups excluding carboxylic acids is 1. The number of carboxylic acid groups (broad SMARTS) is 1. The van der Waals surface area contributed by atoms with E-state index in [1.165, 1.54) is 4.90 Å². The molecule has 3 N–H and O–H groups in total. The molecule has 0 aliphatic carbocycles. The first kappa shape index (κ1) is 14.9. The van der Waals surface area contributed by atoms with E-state index in [1.54, 1.807) is 0 Å². The minimum atomic E-state index is -0.906. The summed E-state index contributed by atoms with van der Waals surface area (Å²) in [5.41, 5.74) is 5.77. The molecule has 0 bridgehead atoms. The molecule has 0 aliphatic rings. The zero-order chi connectivity index (χ0) is 12.9. The zero-order valence-corrected chi connectivity index (χ0v) is 10.4. The number of nitrogens with zero attached hydrogens (tertiary/aromatic N) is 1. The van der Waals surface area contributed by atoms with E-state index in [4.69, 9.17) is 10.8 Å². The van der Waals surface area contributed by atoms with Gasteiger partial charge in [-0.15, -0.1) is 0 Å². The van der Waals surface area contributed by atoms with Gasteiger partial charge < -0.3 is 15.7 Å². The first-order valence-electron chi connectivity index (χ1n) is 5.55. The number of nitrogens with two attached hydrogens (primary N) is 1. The summed E-state index contributed by atoms with van der Waals surface area (Å²) >= 11 is 0. The third-order valence-corrected chi connectivity index (χ3v) is 2.48. The van der Waals surface area contributed by atoms with Crippen molar-refractivity contribution in [3.8, 4) is 0 Å². The summed E-state index contributed by atoms with van der Waals surface area (Å²) in [4.78, 5) is 24.0. The molecular weight excluding hydrogens is 208 g/mol.